The number of fused-ring (bicyclic) bond motifs is 1. The molecule has 2 nitrogen and oxygen atoms in total. The Morgan fingerprint density at radius 3 is 3.00 bits per heavy atom. The zero-order valence-electron chi connectivity index (χ0n) is 10.4. The van der Waals surface area contributed by atoms with Crippen molar-refractivity contribution in [3.8, 4) is 0 Å². The van der Waals surface area contributed by atoms with E-state index in [1.807, 2.05) is 0 Å². The number of hydrogen-bond donors (Lipinski definition) is 2. The van der Waals surface area contributed by atoms with E-state index in [1.54, 1.807) is 0 Å². The van der Waals surface area contributed by atoms with Crippen molar-refractivity contribution < 1.29 is 0 Å². The van der Waals surface area contributed by atoms with Crippen LogP contribution in [-0.4, -0.2) is 18.1 Å². The highest BCUT2D eigenvalue weighted by molar-refractivity contribution is 5.80. The molecule has 2 unspecified atom stereocenters. The Kier molecular flexibility index (Phi) is 2.89. The molecule has 1 aliphatic rings. The third-order valence-corrected chi connectivity index (χ3v) is 4.10. The van der Waals surface area contributed by atoms with Gasteiger partial charge in [0.2, 0.25) is 0 Å². The van der Waals surface area contributed by atoms with Gasteiger partial charge in [-0.25, -0.2) is 0 Å². The van der Waals surface area contributed by atoms with Crippen LogP contribution in [0.4, 0.5) is 0 Å². The Morgan fingerprint density at radius 2 is 2.18 bits per heavy atom. The number of piperidine rings is 1. The van der Waals surface area contributed by atoms with E-state index in [0.29, 0.717) is 5.92 Å². The van der Waals surface area contributed by atoms with Crippen molar-refractivity contribution in [3.05, 3.63) is 36.0 Å². The highest BCUT2D eigenvalue weighted by Crippen LogP contribution is 2.32. The molecular weight excluding hydrogens is 208 g/mol. The van der Waals surface area contributed by atoms with Gasteiger partial charge in [0.15, 0.2) is 0 Å². The molecular formula is C15H20N2. The molecule has 1 aliphatic heterocycles. The number of nitrogens with one attached hydrogen (secondary N) is 2. The van der Waals surface area contributed by atoms with E-state index in [1.165, 1.54) is 36.0 Å². The number of H-pyrrole nitrogens is 1. The summed E-state index contributed by atoms with van der Waals surface area (Å²) in [7, 11) is 0. The highest BCUT2D eigenvalue weighted by Gasteiger charge is 2.25. The maximum atomic E-state index is 3.59. The summed E-state index contributed by atoms with van der Waals surface area (Å²) in [6.07, 6.45) is 2.58. The van der Waals surface area contributed by atoms with Crippen molar-refractivity contribution in [1.82, 2.24) is 10.3 Å². The van der Waals surface area contributed by atoms with Gasteiger partial charge < -0.3 is 10.3 Å². The molecule has 0 radical (unpaired) electrons. The fourth-order valence-corrected chi connectivity index (χ4v) is 3.06. The summed E-state index contributed by atoms with van der Waals surface area (Å²) in [6, 6.07) is 10.9. The summed E-state index contributed by atoms with van der Waals surface area (Å²) in [4.78, 5) is 3.59. The molecule has 17 heavy (non-hydrogen) atoms. The van der Waals surface area contributed by atoms with E-state index in [0.717, 1.165) is 12.5 Å². The van der Waals surface area contributed by atoms with E-state index >= 15 is 0 Å². The predicted octanol–water partition coefficient (Wildman–Crippen LogP) is 3.27. The second-order valence-corrected chi connectivity index (χ2v) is 5.08. The first kappa shape index (κ1) is 10.8. The molecule has 2 atom stereocenters. The molecule has 1 aromatic heterocycles. The summed E-state index contributed by atoms with van der Waals surface area (Å²) >= 11 is 0. The van der Waals surface area contributed by atoms with Gasteiger partial charge in [-0.05, 0) is 36.4 Å². The summed E-state index contributed by atoms with van der Waals surface area (Å²) < 4.78 is 0. The first-order valence-electron chi connectivity index (χ1n) is 6.67. The van der Waals surface area contributed by atoms with Gasteiger partial charge >= 0.3 is 0 Å². The third kappa shape index (κ3) is 1.98. The lowest BCUT2D eigenvalue weighted by Crippen LogP contribution is -2.35. The zero-order valence-corrected chi connectivity index (χ0v) is 10.4. The number of benzene rings is 1. The monoisotopic (exact) mass is 228 g/mol. The summed E-state index contributed by atoms with van der Waals surface area (Å²) in [5, 5.41) is 4.86. The Labute approximate surface area is 102 Å². The summed E-state index contributed by atoms with van der Waals surface area (Å²) in [5.74, 6) is 1.48. The fraction of sp³-hybridized carbons (Fsp3) is 0.467. The van der Waals surface area contributed by atoms with Crippen molar-refractivity contribution in [2.24, 2.45) is 5.92 Å². The molecule has 1 fully saturated rings. The molecule has 1 aromatic carbocycles. The molecule has 0 spiro atoms. The van der Waals surface area contributed by atoms with Gasteiger partial charge in [0.05, 0.1) is 0 Å². The Bertz CT molecular complexity index is 467. The van der Waals surface area contributed by atoms with Crippen molar-refractivity contribution >= 4 is 10.9 Å². The van der Waals surface area contributed by atoms with E-state index in [2.05, 4.69) is 47.6 Å². The second-order valence-electron chi connectivity index (χ2n) is 5.08. The van der Waals surface area contributed by atoms with Crippen LogP contribution < -0.4 is 5.32 Å². The van der Waals surface area contributed by atoms with Crippen molar-refractivity contribution in [2.75, 3.05) is 13.1 Å². The van der Waals surface area contributed by atoms with Crippen molar-refractivity contribution in [1.29, 1.82) is 0 Å². The second kappa shape index (κ2) is 4.53. The molecule has 90 valence electrons. The molecule has 2 aromatic rings. The van der Waals surface area contributed by atoms with Crippen LogP contribution >= 0.6 is 0 Å². The summed E-state index contributed by atoms with van der Waals surface area (Å²) in [5.41, 5.74) is 2.67. The number of aromatic nitrogens is 1. The number of hydrogen-bond acceptors (Lipinski definition) is 1. The van der Waals surface area contributed by atoms with E-state index in [-0.39, 0.29) is 0 Å². The first-order valence-corrected chi connectivity index (χ1v) is 6.67. The lowest BCUT2D eigenvalue weighted by atomic mass is 9.82. The molecule has 2 heteroatoms. The van der Waals surface area contributed by atoms with Gasteiger partial charge in [-0.2, -0.15) is 0 Å². The molecule has 1 saturated heterocycles. The molecule has 0 amide bonds. The number of para-hydroxylation sites is 1. The largest absolute Gasteiger partial charge is 0.358 e. The van der Waals surface area contributed by atoms with E-state index in [4.69, 9.17) is 0 Å². The minimum Gasteiger partial charge on any atom is -0.358 e. The lowest BCUT2D eigenvalue weighted by molar-refractivity contribution is 0.312. The average molecular weight is 228 g/mol. The highest BCUT2D eigenvalue weighted by atomic mass is 14.9. The number of aromatic amines is 1. The van der Waals surface area contributed by atoms with Crippen LogP contribution in [0.5, 0.6) is 0 Å². The van der Waals surface area contributed by atoms with Gasteiger partial charge in [0.1, 0.15) is 0 Å². The van der Waals surface area contributed by atoms with Crippen LogP contribution in [0.1, 0.15) is 31.4 Å². The van der Waals surface area contributed by atoms with Crippen LogP contribution in [0.15, 0.2) is 30.3 Å². The third-order valence-electron chi connectivity index (χ3n) is 4.10. The van der Waals surface area contributed by atoms with E-state index < -0.39 is 0 Å². The van der Waals surface area contributed by atoms with Crippen LogP contribution in [0.3, 0.4) is 0 Å². The number of rotatable bonds is 2. The van der Waals surface area contributed by atoms with Gasteiger partial charge in [-0.3, -0.25) is 0 Å². The maximum Gasteiger partial charge on any atom is 0.0456 e. The molecule has 2 N–H and O–H groups in total. The van der Waals surface area contributed by atoms with Crippen LogP contribution in [0, 0.1) is 5.92 Å². The summed E-state index contributed by atoms with van der Waals surface area (Å²) in [6.45, 7) is 4.60. The van der Waals surface area contributed by atoms with Gasteiger partial charge in [-0.1, -0.05) is 31.5 Å². The molecule has 0 bridgehead atoms. The molecule has 0 saturated carbocycles. The van der Waals surface area contributed by atoms with Crippen LogP contribution in [-0.2, 0) is 0 Å². The quantitative estimate of drug-likeness (QED) is 0.811. The SMILES string of the molecule is CCC1CCNCC1c1cc2ccccc2[nH]1. The van der Waals surface area contributed by atoms with Crippen LogP contribution in [0.2, 0.25) is 0 Å². The van der Waals surface area contributed by atoms with Gasteiger partial charge in [-0.15, -0.1) is 0 Å². The molecule has 0 aliphatic carbocycles. The van der Waals surface area contributed by atoms with Crippen molar-refractivity contribution in [2.45, 2.75) is 25.7 Å². The van der Waals surface area contributed by atoms with Gasteiger partial charge in [0.25, 0.3) is 0 Å². The average Bonchev–Trinajstić information content (AvgIpc) is 2.82. The minimum atomic E-state index is 0.654. The smallest absolute Gasteiger partial charge is 0.0456 e. The maximum absolute atomic E-state index is 3.59. The Balaban J connectivity index is 1.96. The topological polar surface area (TPSA) is 27.8 Å². The predicted molar refractivity (Wildman–Crippen MR) is 72.3 cm³/mol. The molecule has 3 rings (SSSR count). The molecule has 2 heterocycles. The standard InChI is InChI=1S/C15H20N2/c1-2-11-7-8-16-10-13(11)15-9-12-5-3-4-6-14(12)17-15/h3-6,9,11,13,16-17H,2,7-8,10H2,1H3. The minimum absolute atomic E-state index is 0.654. The first-order chi connectivity index (χ1) is 8.38. The fourth-order valence-electron chi connectivity index (χ4n) is 3.06. The lowest BCUT2D eigenvalue weighted by Gasteiger charge is -2.30. The van der Waals surface area contributed by atoms with Crippen molar-refractivity contribution in [3.63, 3.8) is 0 Å². The van der Waals surface area contributed by atoms with E-state index in [9.17, 15) is 0 Å². The Hall–Kier alpha value is -1.28. The van der Waals surface area contributed by atoms with Crippen LogP contribution in [0.25, 0.3) is 10.9 Å². The zero-order chi connectivity index (χ0) is 11.7. The Morgan fingerprint density at radius 1 is 1.29 bits per heavy atom. The van der Waals surface area contributed by atoms with Gasteiger partial charge in [0, 0.05) is 23.7 Å². The normalized spacial score (nSPS) is 25.2.